The minimum Gasteiger partial charge on any atom is -0.465 e. The molecule has 96 valence electrons. The molecule has 4 N–H and O–H groups in total. The summed E-state index contributed by atoms with van der Waals surface area (Å²) in [5.74, 6) is -0.893. The largest absolute Gasteiger partial charge is 0.465 e. The van der Waals surface area contributed by atoms with Crippen molar-refractivity contribution in [2.45, 2.75) is 12.6 Å². The van der Waals surface area contributed by atoms with Crippen LogP contribution >= 0.6 is 0 Å². The molecule has 0 saturated carbocycles. The van der Waals surface area contributed by atoms with Gasteiger partial charge in [0.15, 0.2) is 5.82 Å². The summed E-state index contributed by atoms with van der Waals surface area (Å²) >= 11 is 0. The minimum atomic E-state index is -4.28. The van der Waals surface area contributed by atoms with E-state index in [1.54, 1.807) is 0 Å². The molecule has 0 atom stereocenters. The summed E-state index contributed by atoms with van der Waals surface area (Å²) in [6.45, 7) is -0.405. The number of rotatable bonds is 4. The van der Waals surface area contributed by atoms with Gasteiger partial charge in [0.25, 0.3) is 0 Å². The summed E-state index contributed by atoms with van der Waals surface area (Å²) in [4.78, 5) is 11.3. The lowest BCUT2D eigenvalue weighted by molar-refractivity contribution is -0.131. The van der Waals surface area contributed by atoms with E-state index in [0.29, 0.717) is 0 Å². The number of carbonyl (C=O) groups excluding carboxylic acids is 1. The van der Waals surface area contributed by atoms with E-state index in [-0.39, 0.29) is 17.2 Å². The van der Waals surface area contributed by atoms with E-state index in [1.165, 1.54) is 0 Å². The highest BCUT2D eigenvalue weighted by Gasteiger charge is 2.27. The molecule has 0 bridgehead atoms. The molecule has 0 aliphatic carbocycles. The minimum absolute atomic E-state index is 0.0569. The van der Waals surface area contributed by atoms with Crippen molar-refractivity contribution in [1.82, 2.24) is 10.2 Å². The highest BCUT2D eigenvalue weighted by atomic mass is 19.4. The average molecular weight is 252 g/mol. The molecular formula is C8H11F3N4O2. The van der Waals surface area contributed by atoms with Gasteiger partial charge in [-0.15, -0.1) is 0 Å². The average Bonchev–Trinajstić information content (AvgIpc) is 2.57. The third-order valence-electron chi connectivity index (χ3n) is 1.88. The molecule has 1 aromatic heterocycles. The van der Waals surface area contributed by atoms with Gasteiger partial charge >= 0.3 is 12.1 Å². The number of nitrogens with two attached hydrogens (primary N) is 1. The fourth-order valence-corrected chi connectivity index (χ4v) is 1.11. The Labute approximate surface area is 94.3 Å². The molecule has 0 spiro atoms. The smallest absolute Gasteiger partial charge is 0.390 e. The fraction of sp³-hybridized carbons (Fsp3) is 0.500. The summed E-state index contributed by atoms with van der Waals surface area (Å²) < 4.78 is 40.1. The third kappa shape index (κ3) is 3.54. The molecular weight excluding hydrogens is 241 g/mol. The van der Waals surface area contributed by atoms with Crippen molar-refractivity contribution in [3.8, 4) is 0 Å². The summed E-state index contributed by atoms with van der Waals surface area (Å²) in [7, 11) is 1.13. The number of nitrogens with zero attached hydrogens (tertiary/aromatic N) is 1. The lowest BCUT2D eigenvalue weighted by atomic mass is 10.3. The molecule has 0 radical (unpaired) electrons. The molecule has 17 heavy (non-hydrogen) atoms. The van der Waals surface area contributed by atoms with E-state index in [0.717, 1.165) is 7.11 Å². The standard InChI is InChI=1S/C8H11F3N4O2/c1-17-7(16)4-5(12)14-15-6(4)13-3-2-8(9,10)11/h2-3H2,1H3,(H4,12,13,14,15). The molecule has 0 amide bonds. The molecule has 9 heteroatoms. The number of alkyl halides is 3. The van der Waals surface area contributed by atoms with Crippen molar-refractivity contribution >= 4 is 17.6 Å². The molecule has 0 fully saturated rings. The first-order valence-corrected chi connectivity index (χ1v) is 4.58. The van der Waals surface area contributed by atoms with Crippen LogP contribution in [0.15, 0.2) is 0 Å². The summed E-state index contributed by atoms with van der Waals surface area (Å²) in [6, 6.07) is 0. The van der Waals surface area contributed by atoms with Crippen LogP contribution < -0.4 is 11.1 Å². The van der Waals surface area contributed by atoms with E-state index in [2.05, 4.69) is 20.3 Å². The van der Waals surface area contributed by atoms with Crippen molar-refractivity contribution in [2.24, 2.45) is 0 Å². The lowest BCUT2D eigenvalue weighted by Crippen LogP contribution is -2.16. The summed E-state index contributed by atoms with van der Waals surface area (Å²) in [6.07, 6.45) is -5.32. The Bertz CT molecular complexity index is 402. The molecule has 0 saturated heterocycles. The highest BCUT2D eigenvalue weighted by molar-refractivity contribution is 5.99. The van der Waals surface area contributed by atoms with Crippen molar-refractivity contribution in [3.05, 3.63) is 5.56 Å². The number of H-pyrrole nitrogens is 1. The van der Waals surface area contributed by atoms with Crippen LogP contribution in [0.3, 0.4) is 0 Å². The topological polar surface area (TPSA) is 93.0 Å². The zero-order valence-electron chi connectivity index (χ0n) is 8.89. The maximum atomic E-state index is 11.9. The van der Waals surface area contributed by atoms with Gasteiger partial charge < -0.3 is 15.8 Å². The number of anilines is 2. The van der Waals surface area contributed by atoms with Crippen molar-refractivity contribution in [2.75, 3.05) is 24.7 Å². The van der Waals surface area contributed by atoms with E-state index < -0.39 is 25.1 Å². The van der Waals surface area contributed by atoms with Gasteiger partial charge in [0.1, 0.15) is 11.4 Å². The van der Waals surface area contributed by atoms with Crippen LogP contribution in [-0.2, 0) is 4.74 Å². The third-order valence-corrected chi connectivity index (χ3v) is 1.88. The predicted octanol–water partition coefficient (Wildman–Crippen LogP) is 1.14. The van der Waals surface area contributed by atoms with Crippen molar-refractivity contribution in [1.29, 1.82) is 0 Å². The zero-order chi connectivity index (χ0) is 13.1. The molecule has 1 rings (SSSR count). The SMILES string of the molecule is COC(=O)c1c(NCCC(F)(F)F)n[nH]c1N. The van der Waals surface area contributed by atoms with Gasteiger partial charge in [-0.3, -0.25) is 5.10 Å². The molecule has 0 unspecified atom stereocenters. The maximum absolute atomic E-state index is 11.9. The Morgan fingerprint density at radius 2 is 2.24 bits per heavy atom. The predicted molar refractivity (Wildman–Crippen MR) is 53.5 cm³/mol. The highest BCUT2D eigenvalue weighted by Crippen LogP contribution is 2.22. The Hall–Kier alpha value is -1.93. The number of halogens is 3. The van der Waals surface area contributed by atoms with Crippen LogP contribution in [0.5, 0.6) is 0 Å². The lowest BCUT2D eigenvalue weighted by Gasteiger charge is -2.07. The fourth-order valence-electron chi connectivity index (χ4n) is 1.11. The summed E-state index contributed by atoms with van der Waals surface area (Å²) in [5, 5.41) is 8.22. The number of methoxy groups -OCH3 is 1. The summed E-state index contributed by atoms with van der Waals surface area (Å²) in [5.41, 5.74) is 5.29. The Morgan fingerprint density at radius 1 is 1.59 bits per heavy atom. The van der Waals surface area contributed by atoms with E-state index >= 15 is 0 Å². The van der Waals surface area contributed by atoms with Gasteiger partial charge in [-0.2, -0.15) is 18.3 Å². The number of hydrogen-bond acceptors (Lipinski definition) is 5. The van der Waals surface area contributed by atoms with Crippen LogP contribution in [-0.4, -0.2) is 36.0 Å². The van der Waals surface area contributed by atoms with E-state index in [4.69, 9.17) is 5.73 Å². The van der Waals surface area contributed by atoms with E-state index in [1.807, 2.05) is 0 Å². The molecule has 0 aliphatic heterocycles. The van der Waals surface area contributed by atoms with Gasteiger partial charge in [-0.1, -0.05) is 0 Å². The van der Waals surface area contributed by atoms with Crippen LogP contribution in [0, 0.1) is 0 Å². The number of hydrogen-bond donors (Lipinski definition) is 3. The van der Waals surface area contributed by atoms with Gasteiger partial charge in [0, 0.05) is 6.54 Å². The van der Waals surface area contributed by atoms with Crippen LogP contribution in [0.25, 0.3) is 0 Å². The second-order valence-electron chi connectivity index (χ2n) is 3.14. The number of aromatic nitrogens is 2. The monoisotopic (exact) mass is 252 g/mol. The Morgan fingerprint density at radius 3 is 2.76 bits per heavy atom. The van der Waals surface area contributed by atoms with Crippen LogP contribution in [0.1, 0.15) is 16.8 Å². The molecule has 1 aromatic rings. The number of nitrogens with one attached hydrogen (secondary N) is 2. The normalized spacial score (nSPS) is 11.3. The quantitative estimate of drug-likeness (QED) is 0.699. The first-order chi connectivity index (χ1) is 7.85. The number of ether oxygens (including phenoxy) is 1. The maximum Gasteiger partial charge on any atom is 0.390 e. The van der Waals surface area contributed by atoms with Gasteiger partial charge in [-0.25, -0.2) is 4.79 Å². The number of nitrogen functional groups attached to an aromatic ring is 1. The number of esters is 1. The van der Waals surface area contributed by atoms with Gasteiger partial charge in [0.05, 0.1) is 13.5 Å². The zero-order valence-corrected chi connectivity index (χ0v) is 8.89. The van der Waals surface area contributed by atoms with Crippen molar-refractivity contribution in [3.63, 3.8) is 0 Å². The van der Waals surface area contributed by atoms with E-state index in [9.17, 15) is 18.0 Å². The van der Waals surface area contributed by atoms with Crippen molar-refractivity contribution < 1.29 is 22.7 Å². The molecule has 1 heterocycles. The number of carbonyl (C=O) groups is 1. The number of aromatic amines is 1. The second kappa shape index (κ2) is 4.93. The second-order valence-corrected chi connectivity index (χ2v) is 3.14. The van der Waals surface area contributed by atoms with Crippen LogP contribution in [0.2, 0.25) is 0 Å². The Balaban J connectivity index is 2.69. The van der Waals surface area contributed by atoms with Gasteiger partial charge in [-0.05, 0) is 0 Å². The van der Waals surface area contributed by atoms with Gasteiger partial charge in [0.2, 0.25) is 0 Å². The first-order valence-electron chi connectivity index (χ1n) is 4.58. The first kappa shape index (κ1) is 13.1. The molecule has 0 aromatic carbocycles. The molecule has 0 aliphatic rings. The van der Waals surface area contributed by atoms with Crippen LogP contribution in [0.4, 0.5) is 24.8 Å². The Kier molecular flexibility index (Phi) is 3.81. The molecule has 6 nitrogen and oxygen atoms in total.